The van der Waals surface area contributed by atoms with E-state index in [9.17, 15) is 14.7 Å². The summed E-state index contributed by atoms with van der Waals surface area (Å²) in [5.74, 6) is -1.79. The molecule has 2 N–H and O–H groups in total. The van der Waals surface area contributed by atoms with Crippen molar-refractivity contribution in [2.45, 2.75) is 32.3 Å². The zero-order chi connectivity index (χ0) is 15.4. The molecule has 0 saturated heterocycles. The van der Waals surface area contributed by atoms with Gasteiger partial charge in [-0.15, -0.1) is 0 Å². The van der Waals surface area contributed by atoms with E-state index in [0.717, 1.165) is 0 Å². The SMILES string of the molecule is CC(=S)C(C)CC(=O)C(O)(CC(=O)O)C[N+](C)(C)C. The lowest BCUT2D eigenvalue weighted by Crippen LogP contribution is -2.55. The van der Waals surface area contributed by atoms with Gasteiger partial charge in [-0.05, 0) is 17.7 Å². The van der Waals surface area contributed by atoms with Gasteiger partial charge in [0.2, 0.25) is 0 Å². The van der Waals surface area contributed by atoms with Gasteiger partial charge in [0, 0.05) is 6.42 Å². The van der Waals surface area contributed by atoms with Gasteiger partial charge in [0.1, 0.15) is 6.54 Å². The molecule has 5 nitrogen and oxygen atoms in total. The Morgan fingerprint density at radius 3 is 2.11 bits per heavy atom. The third-order valence-electron chi connectivity index (χ3n) is 2.88. The van der Waals surface area contributed by atoms with Gasteiger partial charge in [-0.2, -0.15) is 0 Å². The highest BCUT2D eigenvalue weighted by Crippen LogP contribution is 2.21. The molecule has 6 heteroatoms. The molecule has 2 atom stereocenters. The minimum absolute atomic E-state index is 0.0569. The van der Waals surface area contributed by atoms with E-state index in [1.54, 1.807) is 35.0 Å². The van der Waals surface area contributed by atoms with Crippen molar-refractivity contribution in [3.63, 3.8) is 0 Å². The molecule has 0 aliphatic heterocycles. The second-order valence-corrected chi connectivity index (χ2v) is 6.83. The fraction of sp³-hybridized carbons (Fsp3) is 0.769. The normalized spacial score (nSPS) is 16.5. The maximum Gasteiger partial charge on any atom is 0.306 e. The van der Waals surface area contributed by atoms with Crippen molar-refractivity contribution in [2.75, 3.05) is 27.7 Å². The summed E-state index contributed by atoms with van der Waals surface area (Å²) < 4.78 is 0.306. The van der Waals surface area contributed by atoms with Crippen LogP contribution in [0.5, 0.6) is 0 Å². The van der Waals surface area contributed by atoms with E-state index in [4.69, 9.17) is 17.3 Å². The van der Waals surface area contributed by atoms with Crippen LogP contribution >= 0.6 is 12.2 Å². The van der Waals surface area contributed by atoms with Crippen LogP contribution in [0.3, 0.4) is 0 Å². The standard InChI is InChI=1S/C13H23NO4S/c1-9(10(2)19)6-11(15)13(18,7-12(16)17)8-14(3,4)5/h9,18H,6-8H2,1-5H3/p+1. The highest BCUT2D eigenvalue weighted by atomic mass is 32.1. The summed E-state index contributed by atoms with van der Waals surface area (Å²) in [5.41, 5.74) is -1.84. The molecule has 0 bridgehead atoms. The van der Waals surface area contributed by atoms with Crippen LogP contribution in [0.2, 0.25) is 0 Å². The first-order valence-corrected chi connectivity index (χ1v) is 6.56. The first-order chi connectivity index (χ1) is 8.37. The molecule has 0 amide bonds. The van der Waals surface area contributed by atoms with Gasteiger partial charge in [0.05, 0.1) is 27.6 Å². The number of carbonyl (C=O) groups is 2. The Morgan fingerprint density at radius 1 is 1.32 bits per heavy atom. The molecular weight excluding hydrogens is 266 g/mol. The van der Waals surface area contributed by atoms with Gasteiger partial charge < -0.3 is 14.7 Å². The van der Waals surface area contributed by atoms with Crippen molar-refractivity contribution >= 4 is 28.8 Å². The molecule has 19 heavy (non-hydrogen) atoms. The summed E-state index contributed by atoms with van der Waals surface area (Å²) >= 11 is 5.00. The molecule has 0 saturated carbocycles. The molecular formula is C13H24NO4S+. The van der Waals surface area contributed by atoms with E-state index in [-0.39, 0.29) is 18.9 Å². The molecule has 2 unspecified atom stereocenters. The topological polar surface area (TPSA) is 74.6 Å². The summed E-state index contributed by atoms with van der Waals surface area (Å²) in [4.78, 5) is 23.8. The zero-order valence-corrected chi connectivity index (χ0v) is 13.1. The van der Waals surface area contributed by atoms with Crippen LogP contribution in [0.25, 0.3) is 0 Å². The van der Waals surface area contributed by atoms with E-state index < -0.39 is 23.8 Å². The molecule has 0 aromatic rings. The first-order valence-electron chi connectivity index (χ1n) is 6.16. The van der Waals surface area contributed by atoms with Crippen LogP contribution in [-0.4, -0.2) is 64.6 Å². The lowest BCUT2D eigenvalue weighted by Gasteiger charge is -2.34. The number of hydrogen-bond acceptors (Lipinski definition) is 4. The molecule has 110 valence electrons. The third kappa shape index (κ3) is 6.75. The van der Waals surface area contributed by atoms with Crippen LogP contribution < -0.4 is 0 Å². The second-order valence-electron chi connectivity index (χ2n) is 6.19. The van der Waals surface area contributed by atoms with E-state index in [1.807, 2.05) is 0 Å². The highest BCUT2D eigenvalue weighted by Gasteiger charge is 2.43. The number of carbonyl (C=O) groups excluding carboxylic acids is 1. The number of aliphatic carboxylic acids is 1. The number of carboxylic acids is 1. The van der Waals surface area contributed by atoms with Crippen LogP contribution in [0.1, 0.15) is 26.7 Å². The highest BCUT2D eigenvalue weighted by molar-refractivity contribution is 7.80. The maximum atomic E-state index is 12.2. The number of rotatable bonds is 8. The lowest BCUT2D eigenvalue weighted by atomic mass is 9.87. The fourth-order valence-corrected chi connectivity index (χ4v) is 1.97. The molecule has 0 heterocycles. The minimum atomic E-state index is -1.84. The number of quaternary nitrogens is 1. The summed E-state index contributed by atoms with van der Waals surface area (Å²) in [6.07, 6.45) is -0.510. The Kier molecular flexibility index (Phi) is 6.25. The van der Waals surface area contributed by atoms with Crippen molar-refractivity contribution in [3.05, 3.63) is 0 Å². The van der Waals surface area contributed by atoms with Crippen LogP contribution in [0.4, 0.5) is 0 Å². The van der Waals surface area contributed by atoms with Crippen molar-refractivity contribution in [1.82, 2.24) is 0 Å². The van der Waals surface area contributed by atoms with Gasteiger partial charge >= 0.3 is 5.97 Å². The summed E-state index contributed by atoms with van der Waals surface area (Å²) in [6, 6.07) is 0. The van der Waals surface area contributed by atoms with E-state index in [1.165, 1.54) is 0 Å². The molecule has 0 aliphatic carbocycles. The Balaban J connectivity index is 5.08. The second kappa shape index (κ2) is 6.54. The number of nitrogens with zero attached hydrogens (tertiary/aromatic N) is 1. The molecule has 0 aliphatic rings. The number of ketones is 1. The Bertz CT molecular complexity index is 375. The van der Waals surface area contributed by atoms with Gasteiger partial charge in [0.15, 0.2) is 11.4 Å². The van der Waals surface area contributed by atoms with E-state index in [0.29, 0.717) is 9.35 Å². The summed E-state index contributed by atoms with van der Waals surface area (Å²) in [5, 5.41) is 19.3. The Hall–Kier alpha value is -0.850. The number of hydrogen-bond donors (Lipinski definition) is 2. The largest absolute Gasteiger partial charge is 0.481 e. The number of aliphatic hydroxyl groups is 1. The van der Waals surface area contributed by atoms with Gasteiger partial charge in [0.25, 0.3) is 0 Å². The summed E-state index contributed by atoms with van der Waals surface area (Å²) in [6.45, 7) is 3.60. The Labute approximate surface area is 119 Å². The van der Waals surface area contributed by atoms with Crippen LogP contribution in [-0.2, 0) is 9.59 Å². The molecule has 0 aromatic heterocycles. The van der Waals surface area contributed by atoms with Gasteiger partial charge in [-0.25, -0.2) is 0 Å². The summed E-state index contributed by atoms with van der Waals surface area (Å²) in [7, 11) is 5.40. The third-order valence-corrected chi connectivity index (χ3v) is 3.29. The zero-order valence-electron chi connectivity index (χ0n) is 12.3. The molecule has 0 fully saturated rings. The predicted octanol–water partition coefficient (Wildman–Crippen LogP) is 0.883. The lowest BCUT2D eigenvalue weighted by molar-refractivity contribution is -0.875. The number of Topliss-reactive ketones (excluding diaryl/α,β-unsaturated/α-hetero) is 1. The molecule has 0 rings (SSSR count). The first kappa shape index (κ1) is 18.1. The van der Waals surface area contributed by atoms with Crippen LogP contribution in [0, 0.1) is 5.92 Å². The van der Waals surface area contributed by atoms with Crippen molar-refractivity contribution in [3.8, 4) is 0 Å². The number of thiocarbonyl (C=S) groups is 1. The molecule has 0 radical (unpaired) electrons. The maximum absolute atomic E-state index is 12.2. The van der Waals surface area contributed by atoms with Crippen LogP contribution in [0.15, 0.2) is 0 Å². The van der Waals surface area contributed by atoms with E-state index >= 15 is 0 Å². The van der Waals surface area contributed by atoms with Crippen molar-refractivity contribution in [2.24, 2.45) is 5.92 Å². The average Bonchev–Trinajstić information content (AvgIpc) is 2.12. The number of likely N-dealkylation sites (N-methyl/N-ethyl adjacent to an activating group) is 1. The fourth-order valence-electron chi connectivity index (χ4n) is 1.89. The smallest absolute Gasteiger partial charge is 0.306 e. The quantitative estimate of drug-likeness (QED) is 0.513. The van der Waals surface area contributed by atoms with E-state index in [2.05, 4.69) is 0 Å². The molecule has 0 spiro atoms. The number of carboxylic acid groups (broad SMARTS) is 1. The van der Waals surface area contributed by atoms with Gasteiger partial charge in [-0.1, -0.05) is 19.1 Å². The molecule has 0 aromatic carbocycles. The monoisotopic (exact) mass is 290 g/mol. The van der Waals surface area contributed by atoms with Crippen molar-refractivity contribution in [1.29, 1.82) is 0 Å². The average molecular weight is 290 g/mol. The Morgan fingerprint density at radius 2 is 1.79 bits per heavy atom. The van der Waals surface area contributed by atoms with Gasteiger partial charge in [-0.3, -0.25) is 9.59 Å². The predicted molar refractivity (Wildman–Crippen MR) is 77.2 cm³/mol. The minimum Gasteiger partial charge on any atom is -0.481 e. The van der Waals surface area contributed by atoms with Crippen molar-refractivity contribution < 1.29 is 24.3 Å².